The second-order valence-corrected chi connectivity index (χ2v) is 4.83. The van der Waals surface area contributed by atoms with E-state index in [2.05, 4.69) is 29.4 Å². The monoisotopic (exact) mass is 284 g/mol. The molecule has 0 aliphatic carbocycles. The van der Waals surface area contributed by atoms with Crippen molar-refractivity contribution in [1.82, 2.24) is 10.3 Å². The zero-order chi connectivity index (χ0) is 14.9. The maximum Gasteiger partial charge on any atom is 0.0989 e. The van der Waals surface area contributed by atoms with Crippen molar-refractivity contribution < 1.29 is 4.74 Å². The molecule has 0 aliphatic heterocycles. The summed E-state index contributed by atoms with van der Waals surface area (Å²) in [4.78, 5) is 4.39. The molecule has 2 unspecified atom stereocenters. The van der Waals surface area contributed by atoms with E-state index in [0.717, 1.165) is 12.1 Å². The third-order valence-corrected chi connectivity index (χ3v) is 3.25. The van der Waals surface area contributed by atoms with Crippen LogP contribution in [0.25, 0.3) is 0 Å². The summed E-state index contributed by atoms with van der Waals surface area (Å²) >= 11 is 0. The highest BCUT2D eigenvalue weighted by Gasteiger charge is 2.12. The first-order valence-corrected chi connectivity index (χ1v) is 7.14. The fourth-order valence-corrected chi connectivity index (χ4v) is 2.06. The maximum absolute atomic E-state index is 5.71. The minimum Gasteiger partial charge on any atom is -0.351 e. The van der Waals surface area contributed by atoms with Crippen LogP contribution in [0, 0.1) is 6.92 Å². The van der Waals surface area contributed by atoms with Crippen LogP contribution in [0.3, 0.4) is 0 Å². The Bertz CT molecular complexity index is 504. The molecular formula is C17H22N3O-. The van der Waals surface area contributed by atoms with Crippen LogP contribution in [0.5, 0.6) is 0 Å². The molecule has 2 aromatic rings. The molecule has 2 atom stereocenters. The van der Waals surface area contributed by atoms with Gasteiger partial charge in [0.05, 0.1) is 13.0 Å². The largest absolute Gasteiger partial charge is 0.351 e. The zero-order valence-corrected chi connectivity index (χ0v) is 12.1. The van der Waals surface area contributed by atoms with Crippen molar-refractivity contribution in [2.24, 2.45) is 5.73 Å². The Balaban J connectivity index is 2.01. The summed E-state index contributed by atoms with van der Waals surface area (Å²) in [6.45, 7) is 4.11. The van der Waals surface area contributed by atoms with Gasteiger partial charge >= 0.3 is 0 Å². The van der Waals surface area contributed by atoms with Crippen LogP contribution < -0.4 is 11.1 Å². The maximum atomic E-state index is 5.71. The Labute approximate surface area is 126 Å². The standard InChI is InChI=1S/C17H22N3O/c1-2-17(18)21-13-20-16(14-8-4-3-5-9-14)12-15-10-6-7-11-19-15/h3-11,16-17,20H,1-2,12-13,18H2/q-1. The second-order valence-electron chi connectivity index (χ2n) is 4.83. The highest BCUT2D eigenvalue weighted by atomic mass is 16.5. The number of ether oxygens (including phenoxy) is 1. The average molecular weight is 284 g/mol. The van der Waals surface area contributed by atoms with E-state index >= 15 is 0 Å². The summed E-state index contributed by atoms with van der Waals surface area (Å²) in [5, 5.41) is 3.38. The van der Waals surface area contributed by atoms with Crippen LogP contribution in [-0.4, -0.2) is 17.9 Å². The van der Waals surface area contributed by atoms with Gasteiger partial charge in [0.15, 0.2) is 0 Å². The van der Waals surface area contributed by atoms with Gasteiger partial charge in [0.2, 0.25) is 0 Å². The predicted octanol–water partition coefficient (Wildman–Crippen LogP) is 2.44. The molecule has 4 nitrogen and oxygen atoms in total. The molecule has 0 saturated heterocycles. The summed E-state index contributed by atoms with van der Waals surface area (Å²) in [6, 6.07) is 16.4. The lowest BCUT2D eigenvalue weighted by Gasteiger charge is -2.21. The van der Waals surface area contributed by atoms with Crippen molar-refractivity contribution in [3.63, 3.8) is 0 Å². The van der Waals surface area contributed by atoms with E-state index in [9.17, 15) is 0 Å². The van der Waals surface area contributed by atoms with E-state index in [4.69, 9.17) is 10.5 Å². The molecule has 0 spiro atoms. The molecule has 0 bridgehead atoms. The van der Waals surface area contributed by atoms with Crippen molar-refractivity contribution >= 4 is 0 Å². The van der Waals surface area contributed by atoms with Gasteiger partial charge in [-0.3, -0.25) is 10.3 Å². The van der Waals surface area contributed by atoms with Gasteiger partial charge in [0, 0.05) is 24.4 Å². The topological polar surface area (TPSA) is 60.2 Å². The van der Waals surface area contributed by atoms with Gasteiger partial charge in [-0.2, -0.15) is 0 Å². The summed E-state index contributed by atoms with van der Waals surface area (Å²) in [7, 11) is 0. The van der Waals surface area contributed by atoms with Gasteiger partial charge < -0.3 is 17.4 Å². The summed E-state index contributed by atoms with van der Waals surface area (Å²) in [5.41, 5.74) is 7.96. The van der Waals surface area contributed by atoms with Crippen molar-refractivity contribution in [3.05, 3.63) is 72.9 Å². The minimum atomic E-state index is -0.330. The number of nitrogens with one attached hydrogen (secondary N) is 1. The number of nitrogens with zero attached hydrogens (tertiary/aromatic N) is 1. The van der Waals surface area contributed by atoms with Gasteiger partial charge in [-0.15, -0.1) is 6.42 Å². The molecular weight excluding hydrogens is 262 g/mol. The van der Waals surface area contributed by atoms with Crippen LogP contribution in [0.15, 0.2) is 54.7 Å². The molecule has 0 fully saturated rings. The number of pyridine rings is 1. The van der Waals surface area contributed by atoms with E-state index in [0.29, 0.717) is 13.2 Å². The van der Waals surface area contributed by atoms with Crippen LogP contribution >= 0.6 is 0 Å². The number of aromatic nitrogens is 1. The quantitative estimate of drug-likeness (QED) is 0.577. The minimum absolute atomic E-state index is 0.137. The Morgan fingerprint density at radius 1 is 1.14 bits per heavy atom. The van der Waals surface area contributed by atoms with Crippen LogP contribution in [0.2, 0.25) is 0 Å². The van der Waals surface area contributed by atoms with E-state index in [-0.39, 0.29) is 12.3 Å². The summed E-state index contributed by atoms with van der Waals surface area (Å²) < 4.78 is 5.46. The van der Waals surface area contributed by atoms with Crippen LogP contribution in [0.1, 0.15) is 23.7 Å². The zero-order valence-electron chi connectivity index (χ0n) is 12.1. The molecule has 4 heteroatoms. The average Bonchev–Trinajstić information content (AvgIpc) is 2.55. The molecule has 1 heterocycles. The van der Waals surface area contributed by atoms with Gasteiger partial charge in [0.1, 0.15) is 0 Å². The fourth-order valence-electron chi connectivity index (χ4n) is 2.06. The molecule has 1 aromatic carbocycles. The van der Waals surface area contributed by atoms with Crippen molar-refractivity contribution in [2.75, 3.05) is 6.73 Å². The first-order valence-electron chi connectivity index (χ1n) is 7.14. The number of benzene rings is 1. The molecule has 2 rings (SSSR count). The fraction of sp³-hybridized carbons (Fsp3) is 0.294. The number of nitrogens with two attached hydrogens (primary N) is 1. The van der Waals surface area contributed by atoms with Crippen molar-refractivity contribution in [2.45, 2.75) is 25.1 Å². The number of hydrogen-bond acceptors (Lipinski definition) is 4. The first kappa shape index (κ1) is 15.6. The van der Waals surface area contributed by atoms with Crippen LogP contribution in [-0.2, 0) is 11.2 Å². The lowest BCUT2D eigenvalue weighted by molar-refractivity contribution is 0.0404. The molecule has 0 aliphatic rings. The van der Waals surface area contributed by atoms with Gasteiger partial charge in [-0.1, -0.05) is 36.4 Å². The molecule has 21 heavy (non-hydrogen) atoms. The van der Waals surface area contributed by atoms with Crippen molar-refractivity contribution in [1.29, 1.82) is 0 Å². The molecule has 3 N–H and O–H groups in total. The second kappa shape index (κ2) is 8.52. The van der Waals surface area contributed by atoms with Gasteiger partial charge in [-0.25, -0.2) is 0 Å². The molecule has 1 aromatic heterocycles. The summed E-state index contributed by atoms with van der Waals surface area (Å²) in [5.74, 6) is 0. The van der Waals surface area contributed by atoms with E-state index in [1.807, 2.05) is 42.6 Å². The van der Waals surface area contributed by atoms with Gasteiger partial charge in [0.25, 0.3) is 0 Å². The van der Waals surface area contributed by atoms with E-state index in [1.54, 1.807) is 0 Å². The lowest BCUT2D eigenvalue weighted by atomic mass is 10.0. The lowest BCUT2D eigenvalue weighted by Crippen LogP contribution is -2.32. The highest BCUT2D eigenvalue weighted by Crippen LogP contribution is 2.17. The normalized spacial score (nSPS) is 13.8. The predicted molar refractivity (Wildman–Crippen MR) is 84.2 cm³/mol. The third kappa shape index (κ3) is 5.27. The van der Waals surface area contributed by atoms with Crippen molar-refractivity contribution in [3.8, 4) is 0 Å². The third-order valence-electron chi connectivity index (χ3n) is 3.25. The Morgan fingerprint density at radius 2 is 1.90 bits per heavy atom. The Kier molecular flexibility index (Phi) is 6.34. The van der Waals surface area contributed by atoms with E-state index < -0.39 is 0 Å². The van der Waals surface area contributed by atoms with E-state index in [1.165, 1.54) is 5.56 Å². The summed E-state index contributed by atoms with van der Waals surface area (Å²) in [6.07, 6.45) is 2.84. The van der Waals surface area contributed by atoms with Crippen LogP contribution in [0.4, 0.5) is 0 Å². The SMILES string of the molecule is [CH2-]CC(N)OCNC(Cc1ccccn1)c1ccccc1. The van der Waals surface area contributed by atoms with Gasteiger partial charge in [-0.05, 0) is 17.7 Å². The first-order chi connectivity index (χ1) is 10.3. The smallest absolute Gasteiger partial charge is 0.0989 e. The molecule has 0 amide bonds. The molecule has 0 saturated carbocycles. The Hall–Kier alpha value is -1.75. The Morgan fingerprint density at radius 3 is 2.57 bits per heavy atom. The molecule has 112 valence electrons. The number of rotatable bonds is 8. The molecule has 0 radical (unpaired) electrons. The number of hydrogen-bond donors (Lipinski definition) is 2. The highest BCUT2D eigenvalue weighted by molar-refractivity contribution is 5.21.